The third kappa shape index (κ3) is 1.78. The number of rotatable bonds is 1. The second kappa shape index (κ2) is 4.39. The van der Waals surface area contributed by atoms with E-state index in [-0.39, 0.29) is 0 Å². The van der Waals surface area contributed by atoms with E-state index in [1.54, 1.807) is 0 Å². The van der Waals surface area contributed by atoms with Crippen LogP contribution in [-0.4, -0.2) is 4.98 Å². The molecule has 84 valence electrons. The van der Waals surface area contributed by atoms with Crippen molar-refractivity contribution in [2.24, 2.45) is 0 Å². The minimum atomic E-state index is 0.373. The van der Waals surface area contributed by atoms with E-state index in [2.05, 4.69) is 24.9 Å². The quantitative estimate of drug-likeness (QED) is 0.751. The summed E-state index contributed by atoms with van der Waals surface area (Å²) in [7, 11) is 0. The summed E-state index contributed by atoms with van der Waals surface area (Å²) in [6.45, 7) is 4.28. The van der Waals surface area contributed by atoms with Crippen LogP contribution >= 0.6 is 12.2 Å². The highest BCUT2D eigenvalue weighted by molar-refractivity contribution is 7.71. The third-order valence-electron chi connectivity index (χ3n) is 3.24. The van der Waals surface area contributed by atoms with Gasteiger partial charge in [-0.25, -0.2) is 0 Å². The van der Waals surface area contributed by atoms with Crippen LogP contribution in [0.4, 0.5) is 0 Å². The molecule has 0 amide bonds. The van der Waals surface area contributed by atoms with Crippen molar-refractivity contribution in [3.05, 3.63) is 27.0 Å². The molecule has 0 unspecified atom stereocenters. The number of hydrogen-bond donors (Lipinski definition) is 1. The van der Waals surface area contributed by atoms with E-state index >= 15 is 0 Å². The van der Waals surface area contributed by atoms with Gasteiger partial charge < -0.3 is 4.98 Å². The zero-order valence-corrected chi connectivity index (χ0v) is 10.6. The number of pyridine rings is 1. The number of nitrogens with zero attached hydrogens (tertiary/aromatic N) is 1. The van der Waals surface area contributed by atoms with Crippen LogP contribution in [0.25, 0.3) is 0 Å². The SMILES string of the molecule is CC(C)c1c2c([nH]c(=S)c1C#N)CCCC2. The second-order valence-corrected chi connectivity index (χ2v) is 5.08. The van der Waals surface area contributed by atoms with Crippen molar-refractivity contribution in [3.63, 3.8) is 0 Å². The van der Waals surface area contributed by atoms with Crippen molar-refractivity contribution in [1.82, 2.24) is 4.98 Å². The molecule has 0 atom stereocenters. The fourth-order valence-electron chi connectivity index (χ4n) is 2.56. The van der Waals surface area contributed by atoms with Crippen LogP contribution in [0.5, 0.6) is 0 Å². The van der Waals surface area contributed by atoms with E-state index < -0.39 is 0 Å². The van der Waals surface area contributed by atoms with Gasteiger partial charge in [-0.2, -0.15) is 5.26 Å². The van der Waals surface area contributed by atoms with Gasteiger partial charge in [0.1, 0.15) is 10.7 Å². The number of hydrogen-bond acceptors (Lipinski definition) is 2. The molecule has 2 nitrogen and oxygen atoms in total. The molecule has 1 heterocycles. The minimum absolute atomic E-state index is 0.373. The van der Waals surface area contributed by atoms with Crippen molar-refractivity contribution in [2.75, 3.05) is 0 Å². The Bertz CT molecular complexity index is 506. The highest BCUT2D eigenvalue weighted by atomic mass is 32.1. The lowest BCUT2D eigenvalue weighted by molar-refractivity contribution is 0.650. The number of nitriles is 1. The van der Waals surface area contributed by atoms with Gasteiger partial charge in [-0.15, -0.1) is 0 Å². The summed E-state index contributed by atoms with van der Waals surface area (Å²) < 4.78 is 0.617. The normalized spacial score (nSPS) is 14.6. The lowest BCUT2D eigenvalue weighted by Gasteiger charge is -2.22. The van der Waals surface area contributed by atoms with Gasteiger partial charge in [0, 0.05) is 5.69 Å². The van der Waals surface area contributed by atoms with Gasteiger partial charge >= 0.3 is 0 Å². The first kappa shape index (κ1) is 11.3. The lowest BCUT2D eigenvalue weighted by Crippen LogP contribution is -2.12. The zero-order valence-electron chi connectivity index (χ0n) is 9.76. The Kier molecular flexibility index (Phi) is 3.11. The molecule has 1 aliphatic carbocycles. The monoisotopic (exact) mass is 232 g/mol. The van der Waals surface area contributed by atoms with E-state index in [0.29, 0.717) is 16.1 Å². The van der Waals surface area contributed by atoms with Gasteiger partial charge in [0.15, 0.2) is 0 Å². The Balaban J connectivity index is 2.75. The minimum Gasteiger partial charge on any atom is -0.349 e. The van der Waals surface area contributed by atoms with Crippen molar-refractivity contribution in [3.8, 4) is 6.07 Å². The predicted octanol–water partition coefficient (Wildman–Crippen LogP) is 3.62. The van der Waals surface area contributed by atoms with Crippen LogP contribution in [0.15, 0.2) is 0 Å². The van der Waals surface area contributed by atoms with Crippen LogP contribution in [0.1, 0.15) is 55.0 Å². The fourth-order valence-corrected chi connectivity index (χ4v) is 2.84. The average molecular weight is 232 g/mol. The van der Waals surface area contributed by atoms with E-state index in [4.69, 9.17) is 12.2 Å². The Morgan fingerprint density at radius 1 is 1.31 bits per heavy atom. The summed E-state index contributed by atoms with van der Waals surface area (Å²) in [5.74, 6) is 0.373. The highest BCUT2D eigenvalue weighted by Crippen LogP contribution is 2.30. The zero-order chi connectivity index (χ0) is 11.7. The molecule has 3 heteroatoms. The van der Waals surface area contributed by atoms with E-state index in [9.17, 15) is 5.26 Å². The predicted molar refractivity (Wildman–Crippen MR) is 67.1 cm³/mol. The summed E-state index contributed by atoms with van der Waals surface area (Å²) in [5.41, 5.74) is 4.48. The fraction of sp³-hybridized carbons (Fsp3) is 0.538. The highest BCUT2D eigenvalue weighted by Gasteiger charge is 2.20. The molecule has 0 spiro atoms. The molecule has 1 aliphatic rings. The van der Waals surface area contributed by atoms with E-state index in [1.807, 2.05) is 0 Å². The van der Waals surface area contributed by atoms with Crippen molar-refractivity contribution in [2.45, 2.75) is 45.4 Å². The van der Waals surface area contributed by atoms with Gasteiger partial charge in [-0.05, 0) is 42.7 Å². The molecule has 0 aliphatic heterocycles. The number of aryl methyl sites for hydroxylation is 1. The molecule has 1 aromatic rings. The number of H-pyrrole nitrogens is 1. The molecule has 0 saturated heterocycles. The Morgan fingerprint density at radius 3 is 2.62 bits per heavy atom. The van der Waals surface area contributed by atoms with E-state index in [1.165, 1.54) is 29.7 Å². The van der Waals surface area contributed by atoms with Crippen LogP contribution < -0.4 is 0 Å². The number of aromatic nitrogens is 1. The Labute approximate surface area is 101 Å². The molecular formula is C13H16N2S. The summed E-state index contributed by atoms with van der Waals surface area (Å²) in [5, 5.41) is 9.21. The Hall–Kier alpha value is -1.14. The first-order valence-corrected chi connectivity index (χ1v) is 6.24. The maximum Gasteiger partial charge on any atom is 0.121 e. The van der Waals surface area contributed by atoms with Crippen molar-refractivity contribution < 1.29 is 0 Å². The van der Waals surface area contributed by atoms with Crippen LogP contribution in [0.2, 0.25) is 0 Å². The Morgan fingerprint density at radius 2 is 2.00 bits per heavy atom. The van der Waals surface area contributed by atoms with Crippen LogP contribution in [0.3, 0.4) is 0 Å². The van der Waals surface area contributed by atoms with Gasteiger partial charge in [-0.3, -0.25) is 0 Å². The molecule has 2 rings (SSSR count). The van der Waals surface area contributed by atoms with Gasteiger partial charge in [-0.1, -0.05) is 26.1 Å². The molecule has 0 radical (unpaired) electrons. The summed E-state index contributed by atoms with van der Waals surface area (Å²) >= 11 is 5.27. The van der Waals surface area contributed by atoms with Gasteiger partial charge in [0.2, 0.25) is 0 Å². The first-order valence-electron chi connectivity index (χ1n) is 5.83. The summed E-state index contributed by atoms with van der Waals surface area (Å²) in [4.78, 5) is 3.23. The maximum atomic E-state index is 9.21. The standard InChI is InChI=1S/C13H16N2S/c1-8(2)12-9-5-3-4-6-11(9)15-13(16)10(12)7-14/h8H,3-6H2,1-2H3,(H,15,16). The van der Waals surface area contributed by atoms with Crippen molar-refractivity contribution in [1.29, 1.82) is 5.26 Å². The third-order valence-corrected chi connectivity index (χ3v) is 3.55. The maximum absolute atomic E-state index is 9.21. The molecule has 0 saturated carbocycles. The number of aromatic amines is 1. The number of nitrogens with one attached hydrogen (secondary N) is 1. The summed E-state index contributed by atoms with van der Waals surface area (Å²) in [6, 6.07) is 2.26. The second-order valence-electron chi connectivity index (χ2n) is 4.67. The molecular weight excluding hydrogens is 216 g/mol. The smallest absolute Gasteiger partial charge is 0.121 e. The molecule has 0 bridgehead atoms. The summed E-state index contributed by atoms with van der Waals surface area (Å²) in [6.07, 6.45) is 4.61. The molecule has 0 fully saturated rings. The molecule has 0 aromatic carbocycles. The average Bonchev–Trinajstić information content (AvgIpc) is 2.26. The molecule has 1 N–H and O–H groups in total. The molecule has 1 aromatic heterocycles. The largest absolute Gasteiger partial charge is 0.349 e. The number of fused-ring (bicyclic) bond motifs is 1. The topological polar surface area (TPSA) is 39.6 Å². The first-order chi connectivity index (χ1) is 7.65. The van der Waals surface area contributed by atoms with Gasteiger partial charge in [0.05, 0.1) is 5.56 Å². The van der Waals surface area contributed by atoms with Crippen molar-refractivity contribution >= 4 is 12.2 Å². The molecule has 16 heavy (non-hydrogen) atoms. The van der Waals surface area contributed by atoms with Crippen LogP contribution in [0, 0.1) is 16.0 Å². The lowest BCUT2D eigenvalue weighted by atomic mass is 9.85. The van der Waals surface area contributed by atoms with Crippen LogP contribution in [-0.2, 0) is 12.8 Å². The van der Waals surface area contributed by atoms with E-state index in [0.717, 1.165) is 12.8 Å². The van der Waals surface area contributed by atoms with Gasteiger partial charge in [0.25, 0.3) is 0 Å².